The maximum Gasteiger partial charge on any atom is 0.137 e. The lowest BCUT2D eigenvalue weighted by Crippen LogP contribution is -2.19. The van der Waals surface area contributed by atoms with Crippen LogP contribution in [0.25, 0.3) is 0 Å². The SMILES string of the molecule is CC(C)(CCN)CCC(=O)Cc1c(F)cccc1F. The highest BCUT2D eigenvalue weighted by Gasteiger charge is 2.19. The fourth-order valence-electron chi connectivity index (χ4n) is 1.98. The third kappa shape index (κ3) is 5.07. The number of hydrogen-bond acceptors (Lipinski definition) is 2. The monoisotopic (exact) mass is 269 g/mol. The van der Waals surface area contributed by atoms with Gasteiger partial charge in [0.1, 0.15) is 17.4 Å². The van der Waals surface area contributed by atoms with E-state index in [1.54, 1.807) is 0 Å². The number of benzene rings is 1. The first-order valence-corrected chi connectivity index (χ1v) is 6.50. The Kier molecular flexibility index (Phi) is 5.60. The summed E-state index contributed by atoms with van der Waals surface area (Å²) in [7, 11) is 0. The average Bonchev–Trinajstić information content (AvgIpc) is 2.32. The number of carbonyl (C=O) groups excluding carboxylic acids is 1. The van der Waals surface area contributed by atoms with Crippen molar-refractivity contribution in [1.82, 2.24) is 0 Å². The molecule has 0 spiro atoms. The maximum atomic E-state index is 13.4. The maximum absolute atomic E-state index is 13.4. The largest absolute Gasteiger partial charge is 0.330 e. The number of rotatable bonds is 7. The summed E-state index contributed by atoms with van der Waals surface area (Å²) in [5.74, 6) is -1.46. The lowest BCUT2D eigenvalue weighted by Gasteiger charge is -2.23. The average molecular weight is 269 g/mol. The van der Waals surface area contributed by atoms with Crippen LogP contribution in [-0.2, 0) is 11.2 Å². The summed E-state index contributed by atoms with van der Waals surface area (Å²) in [6, 6.07) is 3.64. The lowest BCUT2D eigenvalue weighted by molar-refractivity contribution is -0.119. The second kappa shape index (κ2) is 6.75. The van der Waals surface area contributed by atoms with Gasteiger partial charge in [0.25, 0.3) is 0 Å². The summed E-state index contributed by atoms with van der Waals surface area (Å²) >= 11 is 0. The molecular formula is C15H21F2NO. The molecule has 19 heavy (non-hydrogen) atoms. The summed E-state index contributed by atoms with van der Waals surface area (Å²) < 4.78 is 26.8. The quantitative estimate of drug-likeness (QED) is 0.825. The topological polar surface area (TPSA) is 43.1 Å². The fourth-order valence-corrected chi connectivity index (χ4v) is 1.98. The van der Waals surface area contributed by atoms with Crippen molar-refractivity contribution in [2.45, 2.75) is 39.5 Å². The van der Waals surface area contributed by atoms with Crippen molar-refractivity contribution >= 4 is 5.78 Å². The van der Waals surface area contributed by atoms with Crippen LogP contribution in [0.5, 0.6) is 0 Å². The summed E-state index contributed by atoms with van der Waals surface area (Å²) in [4.78, 5) is 11.8. The van der Waals surface area contributed by atoms with Gasteiger partial charge in [-0.05, 0) is 36.9 Å². The van der Waals surface area contributed by atoms with Gasteiger partial charge in [-0.25, -0.2) is 8.78 Å². The number of halogens is 2. The molecule has 0 aliphatic heterocycles. The van der Waals surface area contributed by atoms with Gasteiger partial charge in [-0.2, -0.15) is 0 Å². The standard InChI is InChI=1S/C15H21F2NO/c1-15(2,8-9-18)7-6-11(19)10-12-13(16)4-3-5-14(12)17/h3-5H,6-10,18H2,1-2H3. The van der Waals surface area contributed by atoms with E-state index < -0.39 is 11.6 Å². The Hall–Kier alpha value is -1.29. The van der Waals surface area contributed by atoms with Gasteiger partial charge < -0.3 is 5.73 Å². The molecule has 0 aromatic heterocycles. The Bertz CT molecular complexity index is 424. The van der Waals surface area contributed by atoms with E-state index in [9.17, 15) is 13.6 Å². The van der Waals surface area contributed by atoms with Crippen molar-refractivity contribution in [3.8, 4) is 0 Å². The van der Waals surface area contributed by atoms with Crippen LogP contribution in [0.1, 0.15) is 38.7 Å². The summed E-state index contributed by atoms with van der Waals surface area (Å²) in [6.07, 6.45) is 1.64. The van der Waals surface area contributed by atoms with Crippen LogP contribution in [0.2, 0.25) is 0 Å². The van der Waals surface area contributed by atoms with E-state index in [1.807, 2.05) is 13.8 Å². The molecule has 2 nitrogen and oxygen atoms in total. The van der Waals surface area contributed by atoms with Gasteiger partial charge >= 0.3 is 0 Å². The molecule has 0 saturated heterocycles. The summed E-state index contributed by atoms with van der Waals surface area (Å²) in [5, 5.41) is 0. The number of Topliss-reactive ketones (excluding diaryl/α,β-unsaturated/α-hetero) is 1. The molecule has 0 atom stereocenters. The van der Waals surface area contributed by atoms with Crippen molar-refractivity contribution in [2.24, 2.45) is 11.1 Å². The van der Waals surface area contributed by atoms with Crippen LogP contribution in [-0.4, -0.2) is 12.3 Å². The second-order valence-corrected chi connectivity index (χ2v) is 5.62. The van der Waals surface area contributed by atoms with Crippen molar-refractivity contribution in [1.29, 1.82) is 0 Å². The molecule has 4 heteroatoms. The normalized spacial score (nSPS) is 11.6. The van der Waals surface area contributed by atoms with Crippen molar-refractivity contribution < 1.29 is 13.6 Å². The second-order valence-electron chi connectivity index (χ2n) is 5.62. The molecule has 0 bridgehead atoms. The predicted molar refractivity (Wildman–Crippen MR) is 71.8 cm³/mol. The Morgan fingerprint density at radius 1 is 1.21 bits per heavy atom. The summed E-state index contributed by atoms with van der Waals surface area (Å²) in [5.41, 5.74) is 5.35. The number of nitrogens with two attached hydrogens (primary N) is 1. The first kappa shape index (κ1) is 15.8. The van der Waals surface area contributed by atoms with Crippen LogP contribution in [0.15, 0.2) is 18.2 Å². The molecule has 106 valence electrons. The predicted octanol–water partition coefficient (Wildman–Crippen LogP) is 3.23. The molecule has 0 saturated carbocycles. The molecule has 1 aromatic carbocycles. The van der Waals surface area contributed by atoms with Gasteiger partial charge in [-0.3, -0.25) is 4.79 Å². The van der Waals surface area contributed by atoms with E-state index in [4.69, 9.17) is 5.73 Å². The highest BCUT2D eigenvalue weighted by Crippen LogP contribution is 2.26. The lowest BCUT2D eigenvalue weighted by atomic mass is 9.83. The summed E-state index contributed by atoms with van der Waals surface area (Å²) in [6.45, 7) is 4.65. The minimum atomic E-state index is -0.658. The van der Waals surface area contributed by atoms with Crippen LogP contribution >= 0.6 is 0 Å². The zero-order valence-electron chi connectivity index (χ0n) is 11.5. The smallest absolute Gasteiger partial charge is 0.137 e. The molecule has 0 aliphatic carbocycles. The zero-order valence-corrected chi connectivity index (χ0v) is 11.5. The number of carbonyl (C=O) groups is 1. The highest BCUT2D eigenvalue weighted by atomic mass is 19.1. The zero-order chi connectivity index (χ0) is 14.5. The molecule has 0 unspecified atom stereocenters. The molecule has 0 aliphatic rings. The molecular weight excluding hydrogens is 248 g/mol. The molecule has 2 N–H and O–H groups in total. The molecule has 0 amide bonds. The molecule has 1 rings (SSSR count). The number of ketones is 1. The van der Waals surface area contributed by atoms with Gasteiger partial charge in [0.05, 0.1) is 0 Å². The van der Waals surface area contributed by atoms with E-state index in [-0.39, 0.29) is 23.2 Å². The van der Waals surface area contributed by atoms with E-state index in [2.05, 4.69) is 0 Å². The molecule has 0 radical (unpaired) electrons. The van der Waals surface area contributed by atoms with Gasteiger partial charge in [0, 0.05) is 18.4 Å². The fraction of sp³-hybridized carbons (Fsp3) is 0.533. The van der Waals surface area contributed by atoms with Crippen molar-refractivity contribution in [2.75, 3.05) is 6.54 Å². The van der Waals surface area contributed by atoms with Gasteiger partial charge in [-0.1, -0.05) is 19.9 Å². The van der Waals surface area contributed by atoms with Crippen molar-refractivity contribution in [3.05, 3.63) is 35.4 Å². The van der Waals surface area contributed by atoms with E-state index in [0.29, 0.717) is 19.4 Å². The first-order chi connectivity index (χ1) is 8.85. The van der Waals surface area contributed by atoms with Crippen molar-refractivity contribution in [3.63, 3.8) is 0 Å². The minimum Gasteiger partial charge on any atom is -0.330 e. The number of hydrogen-bond donors (Lipinski definition) is 1. The minimum absolute atomic E-state index is 0.0157. The molecule has 0 heterocycles. The Morgan fingerprint density at radius 3 is 2.32 bits per heavy atom. The van der Waals surface area contributed by atoms with Crippen LogP contribution < -0.4 is 5.73 Å². The van der Waals surface area contributed by atoms with Gasteiger partial charge in [0.2, 0.25) is 0 Å². The van der Waals surface area contributed by atoms with Crippen LogP contribution in [0.3, 0.4) is 0 Å². The van der Waals surface area contributed by atoms with Gasteiger partial charge in [0.15, 0.2) is 0 Å². The van der Waals surface area contributed by atoms with E-state index in [1.165, 1.54) is 18.2 Å². The van der Waals surface area contributed by atoms with E-state index in [0.717, 1.165) is 6.42 Å². The first-order valence-electron chi connectivity index (χ1n) is 6.50. The highest BCUT2D eigenvalue weighted by molar-refractivity contribution is 5.81. The van der Waals surface area contributed by atoms with Crippen LogP contribution in [0, 0.1) is 17.0 Å². The Labute approximate surface area is 113 Å². The van der Waals surface area contributed by atoms with Crippen LogP contribution in [0.4, 0.5) is 8.78 Å². The third-order valence-corrected chi connectivity index (χ3v) is 3.34. The molecule has 1 aromatic rings. The van der Waals surface area contributed by atoms with E-state index >= 15 is 0 Å². The Balaban J connectivity index is 2.57. The van der Waals surface area contributed by atoms with Gasteiger partial charge in [-0.15, -0.1) is 0 Å². The third-order valence-electron chi connectivity index (χ3n) is 3.34. The Morgan fingerprint density at radius 2 is 1.79 bits per heavy atom. The molecule has 0 fully saturated rings.